The number of carbonyl (C=O) groups excluding carboxylic acids is 1. The van der Waals surface area contributed by atoms with Crippen molar-refractivity contribution in [2.45, 2.75) is 13.3 Å². The molecular weight excluding hydrogens is 302 g/mol. The molecule has 4 nitrogen and oxygen atoms in total. The lowest BCUT2D eigenvalue weighted by Gasteiger charge is -2.23. The lowest BCUT2D eigenvalue weighted by atomic mass is 9.90. The van der Waals surface area contributed by atoms with Crippen molar-refractivity contribution in [2.75, 3.05) is 26.7 Å². The van der Waals surface area contributed by atoms with Crippen molar-refractivity contribution in [1.82, 2.24) is 4.90 Å². The molecule has 0 saturated carbocycles. The quantitative estimate of drug-likeness (QED) is 0.929. The normalized spacial score (nSPS) is 21.1. The summed E-state index contributed by atoms with van der Waals surface area (Å²) in [7, 11) is 1.21. The highest BCUT2D eigenvalue weighted by Gasteiger charge is 2.37. The van der Waals surface area contributed by atoms with Gasteiger partial charge in [0, 0.05) is 13.1 Å². The van der Waals surface area contributed by atoms with Crippen LogP contribution in [0.3, 0.4) is 0 Å². The van der Waals surface area contributed by atoms with Gasteiger partial charge in [-0.3, -0.25) is 4.79 Å². The second-order valence-corrected chi connectivity index (χ2v) is 5.43. The molecule has 1 aliphatic rings. The van der Waals surface area contributed by atoms with E-state index in [1.165, 1.54) is 12.0 Å². The van der Waals surface area contributed by atoms with E-state index < -0.39 is 17.5 Å². The van der Waals surface area contributed by atoms with E-state index in [0.29, 0.717) is 19.6 Å². The Morgan fingerprint density at radius 3 is 2.57 bits per heavy atom. The average molecular weight is 321 g/mol. The average Bonchev–Trinajstić information content (AvgIpc) is 2.83. The molecule has 2 N–H and O–H groups in total. The zero-order valence-electron chi connectivity index (χ0n) is 12.0. The number of carbonyl (C=O) groups is 1. The first-order valence-electron chi connectivity index (χ1n) is 6.43. The van der Waals surface area contributed by atoms with Crippen molar-refractivity contribution >= 4 is 18.3 Å². The lowest BCUT2D eigenvalue weighted by molar-refractivity contribution is 0.0767. The van der Waals surface area contributed by atoms with Crippen molar-refractivity contribution in [2.24, 2.45) is 11.1 Å². The summed E-state index contributed by atoms with van der Waals surface area (Å²) in [5.74, 6) is -2.44. The molecule has 1 aromatic rings. The third-order valence-electron chi connectivity index (χ3n) is 3.81. The van der Waals surface area contributed by atoms with Crippen molar-refractivity contribution in [3.05, 3.63) is 29.3 Å². The Labute approximate surface area is 128 Å². The van der Waals surface area contributed by atoms with Gasteiger partial charge >= 0.3 is 0 Å². The zero-order valence-corrected chi connectivity index (χ0v) is 12.8. The molecule has 1 aromatic carbocycles. The largest absolute Gasteiger partial charge is 0.493 e. The van der Waals surface area contributed by atoms with E-state index in [0.717, 1.165) is 18.6 Å². The van der Waals surface area contributed by atoms with E-state index in [1.807, 2.05) is 6.92 Å². The molecule has 0 radical (unpaired) electrons. The van der Waals surface area contributed by atoms with Gasteiger partial charge in [0.15, 0.2) is 11.6 Å². The van der Waals surface area contributed by atoms with Gasteiger partial charge < -0.3 is 15.4 Å². The van der Waals surface area contributed by atoms with Crippen molar-refractivity contribution in [3.8, 4) is 5.75 Å². The highest BCUT2D eigenvalue weighted by Crippen LogP contribution is 2.32. The first-order chi connectivity index (χ1) is 9.41. The smallest absolute Gasteiger partial charge is 0.260 e. The van der Waals surface area contributed by atoms with Crippen LogP contribution in [0.25, 0.3) is 0 Å². The van der Waals surface area contributed by atoms with Gasteiger partial charge in [0.2, 0.25) is 0 Å². The minimum absolute atomic E-state index is 0. The maximum absolute atomic E-state index is 13.9. The van der Waals surface area contributed by atoms with Crippen LogP contribution in [0.15, 0.2) is 12.1 Å². The number of hydrogen-bond donors (Lipinski definition) is 1. The van der Waals surface area contributed by atoms with Crippen LogP contribution in [0.1, 0.15) is 23.7 Å². The van der Waals surface area contributed by atoms with E-state index in [1.54, 1.807) is 0 Å². The fourth-order valence-corrected chi connectivity index (χ4v) is 2.45. The maximum atomic E-state index is 13.9. The summed E-state index contributed by atoms with van der Waals surface area (Å²) in [5, 5.41) is 0. The predicted octanol–water partition coefficient (Wildman–Crippen LogP) is 2.21. The summed E-state index contributed by atoms with van der Waals surface area (Å²) in [6, 6.07) is 1.88. The van der Waals surface area contributed by atoms with E-state index in [9.17, 15) is 13.6 Å². The number of methoxy groups -OCH3 is 1. The molecule has 1 atom stereocenters. The predicted molar refractivity (Wildman–Crippen MR) is 77.8 cm³/mol. The molecule has 1 heterocycles. The summed E-state index contributed by atoms with van der Waals surface area (Å²) >= 11 is 0. The summed E-state index contributed by atoms with van der Waals surface area (Å²) < 4.78 is 32.3. The Balaban J connectivity index is 0.00000220. The second kappa shape index (κ2) is 6.58. The Morgan fingerprint density at radius 1 is 1.43 bits per heavy atom. The van der Waals surface area contributed by atoms with Crippen LogP contribution >= 0.6 is 12.4 Å². The van der Waals surface area contributed by atoms with E-state index in [4.69, 9.17) is 10.5 Å². The van der Waals surface area contributed by atoms with Gasteiger partial charge in [0.1, 0.15) is 11.4 Å². The minimum Gasteiger partial charge on any atom is -0.493 e. The van der Waals surface area contributed by atoms with E-state index in [2.05, 4.69) is 0 Å². The zero-order chi connectivity index (χ0) is 14.9. The van der Waals surface area contributed by atoms with Crippen LogP contribution in [0.2, 0.25) is 0 Å². The van der Waals surface area contributed by atoms with Crippen molar-refractivity contribution in [3.63, 3.8) is 0 Å². The van der Waals surface area contributed by atoms with Gasteiger partial charge in [0.05, 0.1) is 7.11 Å². The van der Waals surface area contributed by atoms with E-state index >= 15 is 0 Å². The van der Waals surface area contributed by atoms with Crippen LogP contribution in [0.4, 0.5) is 8.78 Å². The Morgan fingerprint density at radius 2 is 2.05 bits per heavy atom. The molecule has 1 aliphatic heterocycles. The summed E-state index contributed by atoms with van der Waals surface area (Å²) in [6.45, 7) is 3.33. The molecule has 1 unspecified atom stereocenters. The molecular formula is C14H19ClF2N2O2. The molecule has 0 aromatic heterocycles. The van der Waals surface area contributed by atoms with Gasteiger partial charge in [-0.15, -0.1) is 12.4 Å². The van der Waals surface area contributed by atoms with Crippen molar-refractivity contribution < 1.29 is 18.3 Å². The second-order valence-electron chi connectivity index (χ2n) is 5.43. The molecule has 0 bridgehead atoms. The number of nitrogens with two attached hydrogens (primary N) is 1. The first-order valence-corrected chi connectivity index (χ1v) is 6.43. The molecule has 1 amide bonds. The van der Waals surface area contributed by atoms with Crippen LogP contribution in [0, 0.1) is 17.0 Å². The topological polar surface area (TPSA) is 55.6 Å². The van der Waals surface area contributed by atoms with Crippen LogP contribution in [-0.2, 0) is 0 Å². The molecule has 118 valence electrons. The third kappa shape index (κ3) is 3.27. The fourth-order valence-electron chi connectivity index (χ4n) is 2.45. The Hall–Kier alpha value is -1.40. The molecule has 1 fully saturated rings. The lowest BCUT2D eigenvalue weighted by Crippen LogP contribution is -2.35. The first kappa shape index (κ1) is 17.7. The summed E-state index contributed by atoms with van der Waals surface area (Å²) in [4.78, 5) is 13.9. The monoisotopic (exact) mass is 320 g/mol. The van der Waals surface area contributed by atoms with Gasteiger partial charge in [-0.2, -0.15) is 0 Å². The molecule has 2 rings (SSSR count). The standard InChI is InChI=1S/C14H18F2N2O2.ClH/c1-14(7-17)5-6-18(8-14)13(19)11-9(15)3-4-10(16)12(11)20-2;/h3-4H,5-8,17H2,1-2H3;1H. The minimum atomic E-state index is -0.783. The highest BCUT2D eigenvalue weighted by molar-refractivity contribution is 5.97. The summed E-state index contributed by atoms with van der Waals surface area (Å²) in [6.07, 6.45) is 0.745. The maximum Gasteiger partial charge on any atom is 0.260 e. The number of hydrogen-bond acceptors (Lipinski definition) is 3. The van der Waals surface area contributed by atoms with Gasteiger partial charge in [-0.1, -0.05) is 6.92 Å². The highest BCUT2D eigenvalue weighted by atomic mass is 35.5. The van der Waals surface area contributed by atoms with Crippen LogP contribution in [0.5, 0.6) is 5.75 Å². The molecule has 0 spiro atoms. The third-order valence-corrected chi connectivity index (χ3v) is 3.81. The Bertz CT molecular complexity index is 542. The number of amides is 1. The number of likely N-dealkylation sites (tertiary alicyclic amines) is 1. The van der Waals surface area contributed by atoms with E-state index in [-0.39, 0.29) is 29.1 Å². The van der Waals surface area contributed by atoms with Crippen LogP contribution < -0.4 is 10.5 Å². The van der Waals surface area contributed by atoms with Gasteiger partial charge in [-0.25, -0.2) is 8.78 Å². The number of rotatable bonds is 3. The molecule has 1 saturated heterocycles. The SMILES string of the molecule is COc1c(F)ccc(F)c1C(=O)N1CCC(C)(CN)C1.Cl. The molecule has 21 heavy (non-hydrogen) atoms. The number of halogens is 3. The number of benzene rings is 1. The molecule has 0 aliphatic carbocycles. The van der Waals surface area contributed by atoms with Crippen LogP contribution in [-0.4, -0.2) is 37.6 Å². The Kier molecular flexibility index (Phi) is 5.53. The van der Waals surface area contributed by atoms with Gasteiger partial charge in [-0.05, 0) is 30.5 Å². The summed E-state index contributed by atoms with van der Waals surface area (Å²) in [5.41, 5.74) is 5.16. The number of nitrogens with zero attached hydrogens (tertiary/aromatic N) is 1. The van der Waals surface area contributed by atoms with Crippen molar-refractivity contribution in [1.29, 1.82) is 0 Å². The molecule has 7 heteroatoms. The van der Waals surface area contributed by atoms with Gasteiger partial charge in [0.25, 0.3) is 5.91 Å². The number of ether oxygens (including phenoxy) is 1. The fraction of sp³-hybridized carbons (Fsp3) is 0.500.